The molecule has 5 aromatic rings. The lowest BCUT2D eigenvalue weighted by Crippen LogP contribution is -2.35. The molecule has 7 rings (SSSR count). The van der Waals surface area contributed by atoms with Gasteiger partial charge in [-0.15, -0.1) is 22.7 Å². The third kappa shape index (κ3) is 21.0. The third-order valence-electron chi connectivity index (χ3n) is 18.6. The monoisotopic (exact) mass is 1180 g/mol. The zero-order chi connectivity index (χ0) is 59.1. The van der Waals surface area contributed by atoms with E-state index in [0.717, 1.165) is 63.9 Å². The lowest BCUT2D eigenvalue weighted by molar-refractivity contribution is -0.114. The van der Waals surface area contributed by atoms with Crippen molar-refractivity contribution in [3.05, 3.63) is 93.3 Å². The van der Waals surface area contributed by atoms with Crippen LogP contribution in [0.1, 0.15) is 307 Å². The third-order valence-corrected chi connectivity index (χ3v) is 20.9. The van der Waals surface area contributed by atoms with E-state index in [2.05, 4.69) is 86.9 Å². The van der Waals surface area contributed by atoms with Crippen molar-refractivity contribution in [3.63, 3.8) is 0 Å². The molecule has 0 N–H and O–H groups in total. The Morgan fingerprint density at radius 1 is 0.357 bits per heavy atom. The van der Waals surface area contributed by atoms with E-state index in [-0.39, 0.29) is 11.8 Å². The van der Waals surface area contributed by atoms with E-state index in [1.165, 1.54) is 246 Å². The van der Waals surface area contributed by atoms with E-state index in [4.69, 9.17) is 8.83 Å². The molecule has 0 bridgehead atoms. The molecule has 84 heavy (non-hydrogen) atoms. The SMILES string of the molecule is CCCCCCCCCCCCC(CCCCCCCCCC)CN1C(=O)C(c2ccc(C)o2)=c2cc3c(cc21)=C(c1ccc(-c2ccc(-c4ccc(C)s4)s2)o1)C(=O)N3CC(CCCCCCCCCC)CCCCCCCCCCCC. The minimum Gasteiger partial charge on any atom is -0.461 e. The maximum Gasteiger partial charge on any atom is 0.262 e. The van der Waals surface area contributed by atoms with Gasteiger partial charge in [-0.2, -0.15) is 0 Å². The van der Waals surface area contributed by atoms with Gasteiger partial charge in [0.1, 0.15) is 23.0 Å². The van der Waals surface area contributed by atoms with E-state index >= 15 is 9.59 Å². The molecule has 0 fully saturated rings. The largest absolute Gasteiger partial charge is 0.461 e. The Bertz CT molecular complexity index is 2790. The normalized spacial score (nSPS) is 14.0. The Morgan fingerprint density at radius 3 is 1.04 bits per heavy atom. The van der Waals surface area contributed by atoms with Crippen molar-refractivity contribution < 1.29 is 18.4 Å². The molecule has 2 atom stereocenters. The molecule has 6 nitrogen and oxygen atoms in total. The van der Waals surface area contributed by atoms with Crippen molar-refractivity contribution in [2.45, 2.75) is 298 Å². The Hall–Kier alpha value is -4.14. The predicted molar refractivity (Wildman–Crippen MR) is 363 cm³/mol. The first-order valence-corrected chi connectivity index (χ1v) is 36.8. The van der Waals surface area contributed by atoms with Gasteiger partial charge in [0.15, 0.2) is 0 Å². The van der Waals surface area contributed by atoms with Gasteiger partial charge in [-0.25, -0.2) is 0 Å². The fourth-order valence-corrected chi connectivity index (χ4v) is 15.4. The van der Waals surface area contributed by atoms with Crippen LogP contribution in [0.5, 0.6) is 0 Å². The first-order valence-electron chi connectivity index (χ1n) is 35.1. The Kier molecular flexibility index (Phi) is 30.6. The second-order valence-electron chi connectivity index (χ2n) is 25.8. The average Bonchev–Trinajstić information content (AvgIpc) is 3.85. The van der Waals surface area contributed by atoms with Gasteiger partial charge in [0.25, 0.3) is 11.8 Å². The summed E-state index contributed by atoms with van der Waals surface area (Å²) in [5, 5.41) is 1.77. The number of amides is 2. The quantitative estimate of drug-likeness (QED) is 0.0364. The molecule has 0 saturated heterocycles. The molecule has 6 heterocycles. The van der Waals surface area contributed by atoms with Crippen molar-refractivity contribution in [2.75, 3.05) is 22.9 Å². The molecular weight excluding hydrogens is 1070 g/mol. The Balaban J connectivity index is 1.20. The highest BCUT2D eigenvalue weighted by Gasteiger charge is 2.39. The molecular formula is C76H114N2O4S2. The van der Waals surface area contributed by atoms with Gasteiger partial charge in [0, 0.05) is 38.2 Å². The molecule has 4 aromatic heterocycles. The molecule has 8 heteroatoms. The number of benzene rings is 1. The van der Waals surface area contributed by atoms with Crippen LogP contribution in [0.3, 0.4) is 0 Å². The van der Waals surface area contributed by atoms with Crippen LogP contribution in [0, 0.1) is 25.7 Å². The van der Waals surface area contributed by atoms with Crippen LogP contribution in [0.2, 0.25) is 0 Å². The number of carbonyl (C=O) groups excluding carboxylic acids is 2. The van der Waals surface area contributed by atoms with Crippen molar-refractivity contribution in [2.24, 2.45) is 11.8 Å². The van der Waals surface area contributed by atoms with Gasteiger partial charge >= 0.3 is 0 Å². The summed E-state index contributed by atoms with van der Waals surface area (Å²) >= 11 is 3.56. The zero-order valence-electron chi connectivity index (χ0n) is 54.0. The van der Waals surface area contributed by atoms with Crippen LogP contribution < -0.4 is 20.2 Å². The maximum absolute atomic E-state index is 15.7. The summed E-state index contributed by atoms with van der Waals surface area (Å²) in [4.78, 5) is 40.2. The van der Waals surface area contributed by atoms with Crippen molar-refractivity contribution in [1.29, 1.82) is 0 Å². The van der Waals surface area contributed by atoms with Crippen LogP contribution in [0.4, 0.5) is 11.4 Å². The molecule has 464 valence electrons. The highest BCUT2D eigenvalue weighted by Crippen LogP contribution is 2.40. The number of nitrogens with zero attached hydrogens (tertiary/aromatic N) is 2. The number of hydrogen-bond acceptors (Lipinski definition) is 6. The highest BCUT2D eigenvalue weighted by molar-refractivity contribution is 7.23. The van der Waals surface area contributed by atoms with Gasteiger partial charge in [0.05, 0.1) is 27.4 Å². The van der Waals surface area contributed by atoms with E-state index < -0.39 is 0 Å². The molecule has 2 aliphatic heterocycles. The number of fused-ring (bicyclic) bond motifs is 2. The minimum atomic E-state index is 0.0151. The summed E-state index contributed by atoms with van der Waals surface area (Å²) in [5.74, 6) is 3.58. The summed E-state index contributed by atoms with van der Waals surface area (Å²) in [6, 6.07) is 21.2. The highest BCUT2D eigenvalue weighted by atomic mass is 32.1. The lowest BCUT2D eigenvalue weighted by atomic mass is 9.93. The number of aryl methyl sites for hydroxylation is 2. The number of carbonyl (C=O) groups is 2. The molecule has 0 spiro atoms. The summed E-state index contributed by atoms with van der Waals surface area (Å²) in [6.45, 7) is 14.7. The Morgan fingerprint density at radius 2 is 0.679 bits per heavy atom. The summed E-state index contributed by atoms with van der Waals surface area (Å²) < 4.78 is 13.3. The topological polar surface area (TPSA) is 66.9 Å². The second kappa shape index (κ2) is 38.2. The van der Waals surface area contributed by atoms with Crippen LogP contribution in [-0.2, 0) is 9.59 Å². The molecule has 2 aliphatic rings. The van der Waals surface area contributed by atoms with Crippen LogP contribution in [0.25, 0.3) is 31.5 Å². The van der Waals surface area contributed by atoms with Crippen LogP contribution >= 0.6 is 22.7 Å². The van der Waals surface area contributed by atoms with Crippen molar-refractivity contribution >= 4 is 57.0 Å². The maximum atomic E-state index is 15.7. The van der Waals surface area contributed by atoms with Gasteiger partial charge in [-0.3, -0.25) is 9.59 Å². The molecule has 1 aromatic carbocycles. The molecule has 2 unspecified atom stereocenters. The first-order chi connectivity index (χ1) is 41.2. The van der Waals surface area contributed by atoms with E-state index in [0.29, 0.717) is 47.6 Å². The standard InChI is InChI=1S/C76H114N2O4S2/c1-7-11-15-19-23-27-29-33-37-41-45-61(43-39-35-31-25-21-17-13-9-3)57-77-65-56-64-66(55-63(65)73(75(77)79)68-49-47-59(5)81-68)78(76(80)74(64)69-51-50-67(82-69)70-53-54-72(84-70)71-52-48-60(6)83-71)58-62(44-40-36-32-26-22-18-14-10-4)46-42-38-34-30-28-24-20-16-12-8-2/h47-56,61-62H,7-46,57-58H2,1-6H3. The fourth-order valence-electron chi connectivity index (χ4n) is 13.5. The van der Waals surface area contributed by atoms with Gasteiger partial charge in [-0.05, 0) is 112 Å². The number of furan rings is 2. The molecule has 2 amide bonds. The lowest BCUT2D eigenvalue weighted by Gasteiger charge is -2.27. The number of unbranched alkanes of at least 4 members (excludes halogenated alkanes) is 32. The van der Waals surface area contributed by atoms with Gasteiger partial charge in [-0.1, -0.05) is 259 Å². The number of anilines is 2. The molecule has 0 saturated carbocycles. The number of rotatable bonds is 48. The summed E-state index contributed by atoms with van der Waals surface area (Å²) in [5.41, 5.74) is 3.05. The van der Waals surface area contributed by atoms with E-state index in [1.54, 1.807) is 11.3 Å². The zero-order valence-corrected chi connectivity index (χ0v) is 55.6. The summed E-state index contributed by atoms with van der Waals surface area (Å²) in [6.07, 6.45) is 51.6. The van der Waals surface area contributed by atoms with Gasteiger partial charge in [0.2, 0.25) is 0 Å². The van der Waals surface area contributed by atoms with Crippen molar-refractivity contribution in [1.82, 2.24) is 0 Å². The minimum absolute atomic E-state index is 0.0151. The molecule has 0 aliphatic carbocycles. The second-order valence-corrected chi connectivity index (χ2v) is 28.2. The van der Waals surface area contributed by atoms with Crippen LogP contribution in [-0.4, -0.2) is 24.9 Å². The average molecular weight is 1180 g/mol. The fraction of sp³-hybridized carbons (Fsp3) is 0.658. The molecule has 0 radical (unpaired) electrons. The van der Waals surface area contributed by atoms with Gasteiger partial charge < -0.3 is 18.6 Å². The predicted octanol–water partition coefficient (Wildman–Crippen LogP) is 23.0. The first kappa shape index (κ1) is 67.4. The smallest absolute Gasteiger partial charge is 0.262 e. The Labute approximate surface area is 519 Å². The van der Waals surface area contributed by atoms with Crippen LogP contribution in [0.15, 0.2) is 69.5 Å². The number of hydrogen-bond donors (Lipinski definition) is 0. The van der Waals surface area contributed by atoms with E-state index in [1.807, 2.05) is 36.5 Å². The van der Waals surface area contributed by atoms with Crippen molar-refractivity contribution in [3.8, 4) is 20.4 Å². The number of thiophene rings is 2. The van der Waals surface area contributed by atoms with E-state index in [9.17, 15) is 0 Å². The summed E-state index contributed by atoms with van der Waals surface area (Å²) in [7, 11) is 0.